The second kappa shape index (κ2) is 8.48. The van der Waals surface area contributed by atoms with Gasteiger partial charge in [-0.05, 0) is 36.4 Å². The van der Waals surface area contributed by atoms with E-state index in [2.05, 4.69) is 10.3 Å². The Labute approximate surface area is 174 Å². The Kier molecular flexibility index (Phi) is 5.43. The zero-order chi connectivity index (χ0) is 20.9. The first-order valence-corrected chi connectivity index (χ1v) is 9.49. The van der Waals surface area contributed by atoms with Gasteiger partial charge in [-0.2, -0.15) is 0 Å². The van der Waals surface area contributed by atoms with Gasteiger partial charge in [0.25, 0.3) is 11.9 Å². The van der Waals surface area contributed by atoms with E-state index in [0.717, 1.165) is 11.4 Å². The Balaban J connectivity index is 1.61. The lowest BCUT2D eigenvalue weighted by atomic mass is 10.2. The van der Waals surface area contributed by atoms with Crippen LogP contribution >= 0.6 is 0 Å². The average molecular weight is 399 g/mol. The Morgan fingerprint density at radius 3 is 2.37 bits per heavy atom. The third-order valence-corrected chi connectivity index (χ3v) is 4.70. The summed E-state index contributed by atoms with van der Waals surface area (Å²) in [6.07, 6.45) is 0. The number of carbonyl (C=O) groups excluding carboxylic acids is 1. The molecule has 0 bridgehead atoms. The lowest BCUT2D eigenvalue weighted by Gasteiger charge is -2.25. The molecule has 0 radical (unpaired) electrons. The third-order valence-electron chi connectivity index (χ3n) is 4.70. The number of aliphatic imine (C=N–C) groups is 1. The topological polar surface area (TPSA) is 104 Å². The van der Waals surface area contributed by atoms with Crippen molar-refractivity contribution in [3.05, 3.63) is 90.5 Å². The fourth-order valence-electron chi connectivity index (χ4n) is 3.27. The Hall–Kier alpha value is -4.13. The molecule has 3 aromatic carbocycles. The molecule has 0 aromatic heterocycles. The first kappa shape index (κ1) is 19.2. The van der Waals surface area contributed by atoms with Gasteiger partial charge in [0, 0.05) is 11.3 Å². The van der Waals surface area contributed by atoms with Crippen LogP contribution in [0.15, 0.2) is 89.9 Å². The summed E-state index contributed by atoms with van der Waals surface area (Å²) in [7, 11) is 0. The predicted molar refractivity (Wildman–Crippen MR) is 118 cm³/mol. The van der Waals surface area contributed by atoms with Crippen LogP contribution in [0.25, 0.3) is 0 Å². The fourth-order valence-corrected chi connectivity index (χ4v) is 3.27. The molecule has 4 rings (SSSR count). The summed E-state index contributed by atoms with van der Waals surface area (Å²) < 4.78 is 5.36. The molecule has 0 spiro atoms. The maximum absolute atomic E-state index is 12.8. The van der Waals surface area contributed by atoms with Crippen molar-refractivity contribution in [1.29, 1.82) is 5.41 Å². The molecule has 30 heavy (non-hydrogen) atoms. The van der Waals surface area contributed by atoms with Gasteiger partial charge in [0.15, 0.2) is 6.04 Å². The average Bonchev–Trinajstić information content (AvgIpc) is 2.91. The van der Waals surface area contributed by atoms with Gasteiger partial charge < -0.3 is 20.7 Å². The number of fused-ring (bicyclic) bond motifs is 1. The largest absolute Gasteiger partial charge is 0.407 e. The highest BCUT2D eigenvalue weighted by Gasteiger charge is 2.29. The number of rotatable bonds is 3. The summed E-state index contributed by atoms with van der Waals surface area (Å²) in [5.74, 6) is -0.423. The molecule has 1 unspecified atom stereocenters. The van der Waals surface area contributed by atoms with Crippen molar-refractivity contribution in [1.82, 2.24) is 0 Å². The van der Waals surface area contributed by atoms with Crippen LogP contribution in [-0.4, -0.2) is 30.4 Å². The number of anilines is 3. The molecule has 3 aromatic rings. The molecule has 0 aliphatic carbocycles. The van der Waals surface area contributed by atoms with Crippen molar-refractivity contribution in [2.24, 2.45) is 10.7 Å². The van der Waals surface area contributed by atoms with Gasteiger partial charge in [0.1, 0.15) is 0 Å². The maximum atomic E-state index is 12.8. The SMILES string of the molecule is N=C(OC(N)=NC1CN(c2ccccc2)c2ccccc2NC1=O)c1ccccc1. The number of nitrogens with one attached hydrogen (secondary N) is 2. The molecular weight excluding hydrogens is 378 g/mol. The summed E-state index contributed by atoms with van der Waals surface area (Å²) in [5.41, 5.74) is 8.99. The highest BCUT2D eigenvalue weighted by Crippen LogP contribution is 2.34. The van der Waals surface area contributed by atoms with Crippen molar-refractivity contribution < 1.29 is 9.53 Å². The van der Waals surface area contributed by atoms with E-state index in [4.69, 9.17) is 15.9 Å². The Bertz CT molecular complexity index is 1080. The molecule has 7 nitrogen and oxygen atoms in total. The first-order chi connectivity index (χ1) is 14.6. The van der Waals surface area contributed by atoms with Gasteiger partial charge in [-0.3, -0.25) is 10.2 Å². The van der Waals surface area contributed by atoms with Crippen LogP contribution in [0.5, 0.6) is 0 Å². The second-order valence-corrected chi connectivity index (χ2v) is 6.73. The summed E-state index contributed by atoms with van der Waals surface area (Å²) in [6.45, 7) is 0.273. The molecule has 1 heterocycles. The van der Waals surface area contributed by atoms with Gasteiger partial charge in [-0.25, -0.2) is 4.99 Å². The first-order valence-electron chi connectivity index (χ1n) is 9.49. The highest BCUT2D eigenvalue weighted by atomic mass is 16.5. The van der Waals surface area contributed by atoms with Gasteiger partial charge in [-0.1, -0.05) is 48.5 Å². The number of amides is 1. The lowest BCUT2D eigenvalue weighted by molar-refractivity contribution is -0.117. The van der Waals surface area contributed by atoms with Crippen LogP contribution in [-0.2, 0) is 9.53 Å². The van der Waals surface area contributed by atoms with E-state index in [1.807, 2.05) is 65.6 Å². The number of carbonyl (C=O) groups is 1. The molecule has 7 heteroatoms. The summed E-state index contributed by atoms with van der Waals surface area (Å²) in [5, 5.41) is 11.0. The maximum Gasteiger partial charge on any atom is 0.289 e. The van der Waals surface area contributed by atoms with Crippen LogP contribution in [0.1, 0.15) is 5.56 Å². The lowest BCUT2D eigenvalue weighted by Crippen LogP contribution is -2.36. The Morgan fingerprint density at radius 1 is 1.00 bits per heavy atom. The zero-order valence-electron chi connectivity index (χ0n) is 16.2. The minimum atomic E-state index is -0.818. The van der Waals surface area contributed by atoms with Crippen molar-refractivity contribution in [2.45, 2.75) is 6.04 Å². The normalized spacial score (nSPS) is 16.3. The number of hydrogen-bond acceptors (Lipinski definition) is 5. The number of para-hydroxylation sites is 3. The van der Waals surface area contributed by atoms with Crippen LogP contribution < -0.4 is 16.0 Å². The summed E-state index contributed by atoms with van der Waals surface area (Å²) >= 11 is 0. The van der Waals surface area contributed by atoms with Crippen LogP contribution in [0.3, 0.4) is 0 Å². The number of nitrogens with two attached hydrogens (primary N) is 1. The van der Waals surface area contributed by atoms with Crippen molar-refractivity contribution in [3.63, 3.8) is 0 Å². The van der Waals surface area contributed by atoms with Gasteiger partial charge >= 0.3 is 0 Å². The van der Waals surface area contributed by atoms with E-state index in [9.17, 15) is 4.79 Å². The number of ether oxygens (including phenoxy) is 1. The molecule has 4 N–H and O–H groups in total. The molecule has 0 saturated heterocycles. The van der Waals surface area contributed by atoms with Crippen molar-refractivity contribution in [2.75, 3.05) is 16.8 Å². The molecule has 0 saturated carbocycles. The monoisotopic (exact) mass is 399 g/mol. The van der Waals surface area contributed by atoms with E-state index in [0.29, 0.717) is 11.3 Å². The van der Waals surface area contributed by atoms with Gasteiger partial charge in [0.05, 0.1) is 17.9 Å². The van der Waals surface area contributed by atoms with E-state index >= 15 is 0 Å². The molecule has 1 aliphatic heterocycles. The van der Waals surface area contributed by atoms with Gasteiger partial charge in [0.2, 0.25) is 5.90 Å². The van der Waals surface area contributed by atoms with E-state index in [1.54, 1.807) is 24.3 Å². The smallest absolute Gasteiger partial charge is 0.289 e. The number of benzene rings is 3. The fraction of sp³-hybridized carbons (Fsp3) is 0.0870. The molecule has 1 amide bonds. The van der Waals surface area contributed by atoms with E-state index in [-0.39, 0.29) is 24.4 Å². The minimum absolute atomic E-state index is 0.130. The van der Waals surface area contributed by atoms with E-state index < -0.39 is 6.04 Å². The zero-order valence-corrected chi connectivity index (χ0v) is 16.2. The molecular formula is C23H21N5O2. The van der Waals surface area contributed by atoms with Crippen LogP contribution in [0.4, 0.5) is 17.1 Å². The van der Waals surface area contributed by atoms with Crippen LogP contribution in [0, 0.1) is 5.41 Å². The number of amidine groups is 1. The second-order valence-electron chi connectivity index (χ2n) is 6.73. The van der Waals surface area contributed by atoms with Crippen molar-refractivity contribution in [3.8, 4) is 0 Å². The summed E-state index contributed by atoms with van der Waals surface area (Å²) in [6, 6.07) is 25.2. The van der Waals surface area contributed by atoms with E-state index in [1.165, 1.54) is 0 Å². The molecule has 0 fully saturated rings. The van der Waals surface area contributed by atoms with Crippen molar-refractivity contribution >= 4 is 34.9 Å². The predicted octanol–water partition coefficient (Wildman–Crippen LogP) is 3.50. The molecule has 150 valence electrons. The summed E-state index contributed by atoms with van der Waals surface area (Å²) in [4.78, 5) is 19.1. The Morgan fingerprint density at radius 2 is 1.63 bits per heavy atom. The number of hydrogen-bond donors (Lipinski definition) is 3. The quantitative estimate of drug-likeness (QED) is 0.463. The standard InChI is InChI=1S/C23H21N5O2/c24-21(16-9-3-1-4-10-16)30-23(25)27-19-15-28(17-11-5-2-6-12-17)20-14-8-7-13-18(20)26-22(19)29/h1-14,19,24H,15H2,(H2,25,27)(H,26,29). The minimum Gasteiger partial charge on any atom is -0.407 e. The third kappa shape index (κ3) is 4.15. The number of nitrogens with zero attached hydrogens (tertiary/aromatic N) is 2. The van der Waals surface area contributed by atoms with Crippen LogP contribution in [0.2, 0.25) is 0 Å². The molecule has 1 atom stereocenters. The highest BCUT2D eigenvalue weighted by molar-refractivity contribution is 6.03. The molecule has 1 aliphatic rings. The van der Waals surface area contributed by atoms with Gasteiger partial charge in [-0.15, -0.1) is 0 Å².